The van der Waals surface area contributed by atoms with Crippen molar-refractivity contribution in [1.82, 2.24) is 0 Å². The third-order valence-electron chi connectivity index (χ3n) is 2.26. The lowest BCUT2D eigenvalue weighted by atomic mass is 10.1. The standard InChI is InChI=1S/C12H8O6/c13-5-8-9(17-6-10(14)15)3-1-7-2-4-11(16)18-12(7)8/h1-5H,6H2,(H,14,15). The monoisotopic (exact) mass is 248 g/mol. The van der Waals surface area contributed by atoms with Gasteiger partial charge in [0.1, 0.15) is 5.75 Å². The molecule has 2 rings (SSSR count). The Labute approximate surface area is 100 Å². The molecule has 0 radical (unpaired) electrons. The summed E-state index contributed by atoms with van der Waals surface area (Å²) in [6, 6.07) is 5.77. The van der Waals surface area contributed by atoms with Gasteiger partial charge in [0.2, 0.25) is 0 Å². The van der Waals surface area contributed by atoms with Gasteiger partial charge in [-0.15, -0.1) is 0 Å². The van der Waals surface area contributed by atoms with E-state index in [4.69, 9.17) is 14.3 Å². The first-order valence-corrected chi connectivity index (χ1v) is 4.98. The fraction of sp³-hybridized carbons (Fsp3) is 0.0833. The SMILES string of the molecule is O=Cc1c(OCC(=O)O)ccc2ccc(=O)oc12. The van der Waals surface area contributed by atoms with Gasteiger partial charge in [-0.2, -0.15) is 0 Å². The highest BCUT2D eigenvalue weighted by Gasteiger charge is 2.12. The molecule has 0 saturated carbocycles. The van der Waals surface area contributed by atoms with Gasteiger partial charge >= 0.3 is 11.6 Å². The van der Waals surface area contributed by atoms with E-state index in [1.54, 1.807) is 6.07 Å². The van der Waals surface area contributed by atoms with E-state index in [0.717, 1.165) is 0 Å². The number of hydrogen-bond donors (Lipinski definition) is 1. The van der Waals surface area contributed by atoms with E-state index >= 15 is 0 Å². The minimum atomic E-state index is -1.17. The van der Waals surface area contributed by atoms with E-state index in [-0.39, 0.29) is 16.9 Å². The lowest BCUT2D eigenvalue weighted by Crippen LogP contribution is -2.10. The Morgan fingerprint density at radius 1 is 1.33 bits per heavy atom. The van der Waals surface area contributed by atoms with Crippen LogP contribution in [0.2, 0.25) is 0 Å². The van der Waals surface area contributed by atoms with Crippen LogP contribution in [-0.4, -0.2) is 24.0 Å². The summed E-state index contributed by atoms with van der Waals surface area (Å²) in [6.07, 6.45) is 0.461. The third kappa shape index (κ3) is 2.22. The molecule has 0 saturated heterocycles. The molecule has 18 heavy (non-hydrogen) atoms. The zero-order valence-electron chi connectivity index (χ0n) is 9.08. The topological polar surface area (TPSA) is 93.8 Å². The summed E-state index contributed by atoms with van der Waals surface area (Å²) in [7, 11) is 0. The van der Waals surface area contributed by atoms with Gasteiger partial charge in [-0.05, 0) is 18.2 Å². The van der Waals surface area contributed by atoms with Crippen molar-refractivity contribution in [2.24, 2.45) is 0 Å². The number of fused-ring (bicyclic) bond motifs is 1. The quantitative estimate of drug-likeness (QED) is 0.642. The molecule has 1 N–H and O–H groups in total. The summed E-state index contributed by atoms with van der Waals surface area (Å²) < 4.78 is 9.86. The number of rotatable bonds is 4. The van der Waals surface area contributed by atoms with Gasteiger partial charge in [0.25, 0.3) is 0 Å². The molecule has 92 valence electrons. The van der Waals surface area contributed by atoms with Crippen LogP contribution in [0.5, 0.6) is 5.75 Å². The molecule has 0 aliphatic heterocycles. The van der Waals surface area contributed by atoms with Crippen LogP contribution in [0.15, 0.2) is 33.5 Å². The first-order chi connectivity index (χ1) is 8.61. The number of carboxylic acids is 1. The number of carbonyl (C=O) groups is 2. The highest BCUT2D eigenvalue weighted by Crippen LogP contribution is 2.25. The van der Waals surface area contributed by atoms with Gasteiger partial charge < -0.3 is 14.3 Å². The van der Waals surface area contributed by atoms with E-state index in [1.807, 2.05) is 0 Å². The van der Waals surface area contributed by atoms with E-state index in [0.29, 0.717) is 11.7 Å². The first-order valence-electron chi connectivity index (χ1n) is 4.98. The average Bonchev–Trinajstić information content (AvgIpc) is 2.35. The summed E-state index contributed by atoms with van der Waals surface area (Å²) in [5.74, 6) is -1.10. The van der Waals surface area contributed by atoms with Crippen molar-refractivity contribution >= 4 is 23.2 Å². The Kier molecular flexibility index (Phi) is 3.09. The highest BCUT2D eigenvalue weighted by atomic mass is 16.5. The van der Waals surface area contributed by atoms with Gasteiger partial charge in [-0.1, -0.05) is 0 Å². The second-order valence-corrected chi connectivity index (χ2v) is 3.45. The van der Waals surface area contributed by atoms with Crippen molar-refractivity contribution in [3.05, 3.63) is 40.2 Å². The normalized spacial score (nSPS) is 10.2. The molecule has 2 aromatic rings. The predicted molar refractivity (Wildman–Crippen MR) is 61.0 cm³/mol. The van der Waals surface area contributed by atoms with Crippen LogP contribution in [-0.2, 0) is 4.79 Å². The van der Waals surface area contributed by atoms with Crippen molar-refractivity contribution in [3.63, 3.8) is 0 Å². The van der Waals surface area contributed by atoms with Crippen LogP contribution in [0, 0.1) is 0 Å². The minimum absolute atomic E-state index is 0.0199. The minimum Gasteiger partial charge on any atom is -0.481 e. The van der Waals surface area contributed by atoms with Crippen LogP contribution in [0.25, 0.3) is 11.0 Å². The maximum Gasteiger partial charge on any atom is 0.341 e. The zero-order chi connectivity index (χ0) is 13.1. The van der Waals surface area contributed by atoms with Crippen LogP contribution in [0.1, 0.15) is 10.4 Å². The molecule has 1 heterocycles. The van der Waals surface area contributed by atoms with Crippen LogP contribution < -0.4 is 10.4 Å². The third-order valence-corrected chi connectivity index (χ3v) is 2.26. The summed E-state index contributed by atoms with van der Waals surface area (Å²) in [5, 5.41) is 9.06. The Balaban J connectivity index is 2.57. The molecular weight excluding hydrogens is 240 g/mol. The molecule has 0 aliphatic rings. The maximum absolute atomic E-state index is 11.1. The van der Waals surface area contributed by atoms with Gasteiger partial charge in [0.05, 0.1) is 5.56 Å². The second kappa shape index (κ2) is 4.70. The molecule has 0 spiro atoms. The number of aldehydes is 1. The van der Waals surface area contributed by atoms with E-state index in [9.17, 15) is 14.4 Å². The van der Waals surface area contributed by atoms with Crippen molar-refractivity contribution in [2.75, 3.05) is 6.61 Å². The van der Waals surface area contributed by atoms with Crippen LogP contribution in [0.4, 0.5) is 0 Å². The maximum atomic E-state index is 11.1. The Morgan fingerprint density at radius 3 is 2.72 bits per heavy atom. The van der Waals surface area contributed by atoms with Crippen LogP contribution in [0.3, 0.4) is 0 Å². The van der Waals surface area contributed by atoms with Crippen molar-refractivity contribution < 1.29 is 23.8 Å². The predicted octanol–water partition coefficient (Wildman–Crippen LogP) is 1.07. The number of hydrogen-bond acceptors (Lipinski definition) is 5. The molecule has 0 unspecified atom stereocenters. The lowest BCUT2D eigenvalue weighted by molar-refractivity contribution is -0.139. The fourth-order valence-electron chi connectivity index (χ4n) is 1.51. The van der Waals surface area contributed by atoms with Gasteiger partial charge in [0, 0.05) is 11.5 Å². The van der Waals surface area contributed by atoms with Gasteiger partial charge in [0.15, 0.2) is 18.5 Å². The summed E-state index contributed by atoms with van der Waals surface area (Å²) in [4.78, 5) is 32.5. The molecule has 0 amide bonds. The summed E-state index contributed by atoms with van der Waals surface area (Å²) in [5.41, 5.74) is -0.493. The van der Waals surface area contributed by atoms with E-state index in [2.05, 4.69) is 0 Å². The molecular formula is C12H8O6. The highest BCUT2D eigenvalue weighted by molar-refractivity contribution is 5.97. The number of aliphatic carboxylic acids is 1. The number of benzene rings is 1. The van der Waals surface area contributed by atoms with Gasteiger partial charge in [-0.25, -0.2) is 9.59 Å². The molecule has 6 nitrogen and oxygen atoms in total. The summed E-state index contributed by atoms with van der Waals surface area (Å²) >= 11 is 0. The fourth-order valence-corrected chi connectivity index (χ4v) is 1.51. The Bertz CT molecular complexity index is 670. The largest absolute Gasteiger partial charge is 0.481 e. The Hall–Kier alpha value is -2.63. The zero-order valence-corrected chi connectivity index (χ0v) is 9.08. The van der Waals surface area contributed by atoms with E-state index in [1.165, 1.54) is 18.2 Å². The van der Waals surface area contributed by atoms with Crippen LogP contribution >= 0.6 is 0 Å². The molecule has 1 aromatic carbocycles. The number of carboxylic acid groups (broad SMARTS) is 1. The summed E-state index contributed by atoms with van der Waals surface area (Å²) in [6.45, 7) is -0.580. The molecule has 1 aromatic heterocycles. The van der Waals surface area contributed by atoms with E-state index < -0.39 is 18.2 Å². The Morgan fingerprint density at radius 2 is 2.06 bits per heavy atom. The molecule has 0 atom stereocenters. The molecule has 0 bridgehead atoms. The lowest BCUT2D eigenvalue weighted by Gasteiger charge is -2.07. The molecule has 0 fully saturated rings. The average molecular weight is 248 g/mol. The number of carbonyl (C=O) groups excluding carboxylic acids is 1. The van der Waals surface area contributed by atoms with Crippen molar-refractivity contribution in [2.45, 2.75) is 0 Å². The number of ether oxygens (including phenoxy) is 1. The smallest absolute Gasteiger partial charge is 0.341 e. The van der Waals surface area contributed by atoms with Gasteiger partial charge in [-0.3, -0.25) is 4.79 Å². The molecule has 0 aliphatic carbocycles. The van der Waals surface area contributed by atoms with Crippen molar-refractivity contribution in [3.8, 4) is 5.75 Å². The second-order valence-electron chi connectivity index (χ2n) is 3.45. The first kappa shape index (κ1) is 11.8. The molecule has 6 heteroatoms. The van der Waals surface area contributed by atoms with Crippen molar-refractivity contribution in [1.29, 1.82) is 0 Å².